The number of phosphoric ester groups is 2. The summed E-state index contributed by atoms with van der Waals surface area (Å²) in [4.78, 5) is 52.6. The van der Waals surface area contributed by atoms with Gasteiger partial charge in [0.2, 0.25) is 0 Å². The molecule has 0 saturated carbocycles. The number of esters is 2. The lowest BCUT2D eigenvalue weighted by Gasteiger charge is -2.20. The Morgan fingerprint density at radius 2 is 1.02 bits per heavy atom. The molecule has 0 fully saturated rings. The van der Waals surface area contributed by atoms with Crippen LogP contribution in [0, 0.1) is 0 Å². The number of carbonyl (C=O) groups is 2. The molecule has 0 aliphatic rings. The minimum Gasteiger partial charge on any atom is -0.462 e. The van der Waals surface area contributed by atoms with Crippen molar-refractivity contribution in [2.24, 2.45) is 0 Å². The Labute approximate surface area is 341 Å². The molecular weight excluding hydrogens is 782 g/mol. The summed E-state index contributed by atoms with van der Waals surface area (Å²) in [5.74, 6) is -1.15. The van der Waals surface area contributed by atoms with E-state index in [2.05, 4.69) is 41.1 Å². The van der Waals surface area contributed by atoms with Crippen molar-refractivity contribution in [3.05, 3.63) is 24.3 Å². The normalized spacial score (nSPS) is 15.4. The molecule has 0 aromatic carbocycles. The highest BCUT2D eigenvalue weighted by molar-refractivity contribution is 7.47. The zero-order chi connectivity index (χ0) is 42.6. The molecule has 5 atom stereocenters. The Morgan fingerprint density at radius 3 is 1.63 bits per heavy atom. The van der Waals surface area contributed by atoms with Crippen LogP contribution in [0.15, 0.2) is 24.3 Å². The molecule has 0 aliphatic heterocycles. The Bertz CT molecular complexity index is 1150. The third-order valence-corrected chi connectivity index (χ3v) is 10.4. The number of aliphatic hydroxyl groups is 3. The van der Waals surface area contributed by atoms with Crippen LogP contribution in [0.3, 0.4) is 0 Å². The summed E-state index contributed by atoms with van der Waals surface area (Å²) in [5.41, 5.74) is 0. The molecule has 0 aromatic rings. The molecule has 0 heterocycles. The van der Waals surface area contributed by atoms with E-state index < -0.39 is 78.4 Å². The number of phosphoric acid groups is 2. The van der Waals surface area contributed by atoms with Gasteiger partial charge in [-0.1, -0.05) is 115 Å². The second kappa shape index (κ2) is 36.4. The van der Waals surface area contributed by atoms with Crippen molar-refractivity contribution in [2.45, 2.75) is 192 Å². The molecule has 1 unspecified atom stereocenters. The standard InChI is InChI=1S/C40H76O15P2/c1-3-5-7-9-11-12-13-14-15-16-17-21-26-30-40(45)55-36(34-54-57(49,50)53-32-35(41)31-52-56(46,47)48)33-51-39(44)29-25-22-18-20-24-28-38(43)37(42)27-23-19-10-8-6-4-2/h12-13,19,23,35-38,41-43H,3-11,14-18,20-22,24-34H2,1-2H3,(H,49,50)(H2,46,47,48)/b13-12-,23-19-/t35-,36+,37+,38+/m0/s1. The number of aliphatic hydroxyl groups excluding tert-OH is 3. The fraction of sp³-hybridized carbons (Fsp3) is 0.850. The molecule has 0 bridgehead atoms. The maximum atomic E-state index is 12.6. The molecule has 15 nitrogen and oxygen atoms in total. The predicted octanol–water partition coefficient (Wildman–Crippen LogP) is 8.28. The van der Waals surface area contributed by atoms with Crippen molar-refractivity contribution in [3.63, 3.8) is 0 Å². The van der Waals surface area contributed by atoms with Gasteiger partial charge in [0.25, 0.3) is 0 Å². The summed E-state index contributed by atoms with van der Waals surface area (Å²) < 4.78 is 47.6. The van der Waals surface area contributed by atoms with E-state index in [0.29, 0.717) is 25.7 Å². The van der Waals surface area contributed by atoms with Crippen molar-refractivity contribution in [1.82, 2.24) is 0 Å². The lowest BCUT2D eigenvalue weighted by atomic mass is 10.0. The Kier molecular flexibility index (Phi) is 35.4. The average Bonchev–Trinajstić information content (AvgIpc) is 3.16. The van der Waals surface area contributed by atoms with Crippen LogP contribution in [0.4, 0.5) is 0 Å². The van der Waals surface area contributed by atoms with Gasteiger partial charge in [-0.3, -0.25) is 23.2 Å². The maximum absolute atomic E-state index is 12.6. The average molecular weight is 859 g/mol. The number of hydrogen-bond acceptors (Lipinski definition) is 12. The smallest absolute Gasteiger partial charge is 0.462 e. The molecule has 336 valence electrons. The molecule has 0 aliphatic carbocycles. The highest BCUT2D eigenvalue weighted by atomic mass is 31.2. The summed E-state index contributed by atoms with van der Waals surface area (Å²) in [7, 11) is -9.72. The number of unbranched alkanes of at least 4 members (excludes halogenated alkanes) is 16. The summed E-state index contributed by atoms with van der Waals surface area (Å²) in [6, 6.07) is 0. The first-order valence-corrected chi connectivity index (χ1v) is 24.2. The van der Waals surface area contributed by atoms with Crippen molar-refractivity contribution >= 4 is 27.6 Å². The second-order valence-electron chi connectivity index (χ2n) is 14.6. The third-order valence-electron chi connectivity index (χ3n) is 9.00. The monoisotopic (exact) mass is 858 g/mol. The van der Waals surface area contributed by atoms with E-state index in [1.165, 1.54) is 32.1 Å². The Hall–Kier alpha value is -1.48. The summed E-state index contributed by atoms with van der Waals surface area (Å²) in [5, 5.41) is 30.1. The van der Waals surface area contributed by atoms with E-state index in [-0.39, 0.29) is 12.8 Å². The number of carbonyl (C=O) groups excluding carboxylic acids is 2. The van der Waals surface area contributed by atoms with Gasteiger partial charge < -0.3 is 39.5 Å². The minimum atomic E-state index is -4.88. The maximum Gasteiger partial charge on any atom is 0.472 e. The van der Waals surface area contributed by atoms with Crippen LogP contribution in [0.5, 0.6) is 0 Å². The topological polar surface area (TPSA) is 236 Å². The molecular formula is C40H76O15P2. The summed E-state index contributed by atoms with van der Waals surface area (Å²) in [6.45, 7) is 1.50. The summed E-state index contributed by atoms with van der Waals surface area (Å²) >= 11 is 0. The fourth-order valence-electron chi connectivity index (χ4n) is 5.60. The Balaban J connectivity index is 4.65. The molecule has 0 spiro atoms. The lowest BCUT2D eigenvalue weighted by Crippen LogP contribution is -2.30. The molecule has 17 heteroatoms. The number of rotatable bonds is 40. The van der Waals surface area contributed by atoms with Gasteiger partial charge in [0.05, 0.1) is 32.0 Å². The molecule has 0 saturated heterocycles. The van der Waals surface area contributed by atoms with Crippen LogP contribution in [-0.4, -0.2) is 92.8 Å². The first-order valence-electron chi connectivity index (χ1n) is 21.2. The molecule has 57 heavy (non-hydrogen) atoms. The van der Waals surface area contributed by atoms with Gasteiger partial charge in [-0.25, -0.2) is 9.13 Å². The molecule has 0 rings (SSSR count). The van der Waals surface area contributed by atoms with E-state index in [1.54, 1.807) is 0 Å². The van der Waals surface area contributed by atoms with Crippen LogP contribution >= 0.6 is 15.6 Å². The van der Waals surface area contributed by atoms with Crippen LogP contribution in [0.25, 0.3) is 0 Å². The number of ether oxygens (including phenoxy) is 2. The highest BCUT2D eigenvalue weighted by Crippen LogP contribution is 2.43. The Morgan fingerprint density at radius 1 is 0.544 bits per heavy atom. The number of allylic oxidation sites excluding steroid dienone is 3. The van der Waals surface area contributed by atoms with Crippen LogP contribution in [0.2, 0.25) is 0 Å². The SMILES string of the molecule is CCCCC/C=C\C[C@@H](O)[C@H](O)CCCCCCCC(=O)OC[C@H](COP(=O)(O)OC[C@@H](O)COP(=O)(O)O)OC(=O)CCCCCCC/C=C\CCCCCC. The number of hydrogen-bond donors (Lipinski definition) is 6. The van der Waals surface area contributed by atoms with Crippen molar-refractivity contribution in [3.8, 4) is 0 Å². The van der Waals surface area contributed by atoms with E-state index in [9.17, 15) is 38.9 Å². The van der Waals surface area contributed by atoms with Crippen LogP contribution < -0.4 is 0 Å². The van der Waals surface area contributed by atoms with Gasteiger partial charge in [-0.15, -0.1) is 0 Å². The molecule has 0 radical (unpaired) electrons. The zero-order valence-corrected chi connectivity index (χ0v) is 36.5. The highest BCUT2D eigenvalue weighted by Gasteiger charge is 2.28. The first-order chi connectivity index (χ1) is 27.2. The van der Waals surface area contributed by atoms with Crippen molar-refractivity contribution in [1.29, 1.82) is 0 Å². The second-order valence-corrected chi connectivity index (χ2v) is 17.3. The van der Waals surface area contributed by atoms with Gasteiger partial charge in [-0.2, -0.15) is 0 Å². The fourth-order valence-corrected chi connectivity index (χ4v) is 6.76. The zero-order valence-electron chi connectivity index (χ0n) is 34.7. The van der Waals surface area contributed by atoms with Gasteiger partial charge in [0.15, 0.2) is 6.10 Å². The van der Waals surface area contributed by atoms with Crippen LogP contribution in [-0.2, 0) is 41.8 Å². The van der Waals surface area contributed by atoms with Gasteiger partial charge in [0.1, 0.15) is 12.7 Å². The molecule has 0 amide bonds. The van der Waals surface area contributed by atoms with E-state index in [1.807, 2.05) is 6.08 Å². The third kappa shape index (κ3) is 38.5. The van der Waals surface area contributed by atoms with Crippen molar-refractivity contribution < 1.29 is 71.8 Å². The van der Waals surface area contributed by atoms with Gasteiger partial charge >= 0.3 is 27.6 Å². The predicted molar refractivity (Wildman–Crippen MR) is 219 cm³/mol. The van der Waals surface area contributed by atoms with E-state index in [0.717, 1.165) is 83.5 Å². The molecule has 6 N–H and O–H groups in total. The van der Waals surface area contributed by atoms with Gasteiger partial charge in [-0.05, 0) is 64.2 Å². The summed E-state index contributed by atoms with van der Waals surface area (Å²) in [6.07, 6.45) is 24.8. The van der Waals surface area contributed by atoms with E-state index >= 15 is 0 Å². The largest absolute Gasteiger partial charge is 0.472 e. The van der Waals surface area contributed by atoms with Crippen molar-refractivity contribution in [2.75, 3.05) is 26.4 Å². The lowest BCUT2D eigenvalue weighted by molar-refractivity contribution is -0.161. The molecule has 0 aromatic heterocycles. The first kappa shape index (κ1) is 55.5. The van der Waals surface area contributed by atoms with Gasteiger partial charge in [0, 0.05) is 12.8 Å². The quantitative estimate of drug-likeness (QED) is 0.0147. The van der Waals surface area contributed by atoms with E-state index in [4.69, 9.17) is 23.8 Å². The minimum absolute atomic E-state index is 0.0906. The van der Waals surface area contributed by atoms with Crippen LogP contribution in [0.1, 0.15) is 168 Å².